The number of carbonyl (C=O) groups excluding carboxylic acids is 1. The lowest BCUT2D eigenvalue weighted by molar-refractivity contribution is -0.119. The van der Waals surface area contributed by atoms with Crippen molar-refractivity contribution in [2.24, 2.45) is 0 Å². The van der Waals surface area contributed by atoms with E-state index in [2.05, 4.69) is 31.4 Å². The van der Waals surface area contributed by atoms with Crippen LogP contribution in [0.15, 0.2) is 62.4 Å². The molecule has 2 aromatic carbocycles. The van der Waals surface area contributed by atoms with Gasteiger partial charge in [0.1, 0.15) is 0 Å². The summed E-state index contributed by atoms with van der Waals surface area (Å²) in [5, 5.41) is 7.04. The number of halogens is 1. The second-order valence-corrected chi connectivity index (χ2v) is 8.06. The van der Waals surface area contributed by atoms with Crippen molar-refractivity contribution < 1.29 is 9.32 Å². The molecule has 0 unspecified atom stereocenters. The molecule has 1 amide bonds. The molecule has 0 spiro atoms. The van der Waals surface area contributed by atoms with E-state index in [1.54, 1.807) is 0 Å². The van der Waals surface area contributed by atoms with E-state index in [9.17, 15) is 4.79 Å². The molecule has 0 aliphatic heterocycles. The van der Waals surface area contributed by atoms with Crippen molar-refractivity contribution in [3.63, 3.8) is 0 Å². The number of aromatic nitrogens is 2. The zero-order valence-corrected chi connectivity index (χ0v) is 17.5. The number of hydrogen-bond donors (Lipinski definition) is 1. The molecule has 5 nitrogen and oxygen atoms in total. The summed E-state index contributed by atoms with van der Waals surface area (Å²) >= 11 is 4.94. The Hall–Kier alpha value is -2.12. The van der Waals surface area contributed by atoms with Crippen molar-refractivity contribution in [2.75, 3.05) is 5.75 Å². The average molecular weight is 446 g/mol. The van der Waals surface area contributed by atoms with E-state index in [1.165, 1.54) is 17.3 Å². The van der Waals surface area contributed by atoms with Crippen LogP contribution in [-0.2, 0) is 4.79 Å². The van der Waals surface area contributed by atoms with E-state index >= 15 is 0 Å². The molecule has 1 atom stereocenters. The van der Waals surface area contributed by atoms with E-state index in [0.717, 1.165) is 14.9 Å². The molecule has 140 valence electrons. The average Bonchev–Trinajstić information content (AvgIpc) is 3.16. The van der Waals surface area contributed by atoms with Crippen molar-refractivity contribution in [2.45, 2.75) is 31.2 Å². The summed E-state index contributed by atoms with van der Waals surface area (Å²) in [6.07, 6.45) is 0.679. The SMILES string of the molecule is CC[C@H](NC(=O)CSc1ccc(C)cc1)c1noc(-c2cccc(Br)c2)n1. The van der Waals surface area contributed by atoms with E-state index in [4.69, 9.17) is 4.52 Å². The number of nitrogens with one attached hydrogen (secondary N) is 1. The molecular weight excluding hydrogens is 426 g/mol. The third-order valence-corrected chi connectivity index (χ3v) is 5.46. The fourth-order valence-electron chi connectivity index (χ4n) is 2.48. The number of rotatable bonds is 7. The van der Waals surface area contributed by atoms with Crippen molar-refractivity contribution in [1.29, 1.82) is 0 Å². The summed E-state index contributed by atoms with van der Waals surface area (Å²) in [5.74, 6) is 1.21. The molecule has 0 radical (unpaired) electrons. The van der Waals surface area contributed by atoms with Crippen LogP contribution in [0.2, 0.25) is 0 Å². The van der Waals surface area contributed by atoms with Crippen molar-refractivity contribution in [3.05, 3.63) is 64.4 Å². The minimum absolute atomic E-state index is 0.0544. The van der Waals surface area contributed by atoms with Crippen LogP contribution in [0.4, 0.5) is 0 Å². The molecule has 0 saturated heterocycles. The largest absolute Gasteiger partial charge is 0.345 e. The Morgan fingerprint density at radius 1 is 1.26 bits per heavy atom. The van der Waals surface area contributed by atoms with Crippen molar-refractivity contribution >= 4 is 33.6 Å². The first-order valence-corrected chi connectivity index (χ1v) is 10.4. The maximum atomic E-state index is 12.3. The van der Waals surface area contributed by atoms with Crippen LogP contribution in [-0.4, -0.2) is 21.8 Å². The van der Waals surface area contributed by atoms with Gasteiger partial charge in [-0.2, -0.15) is 4.98 Å². The van der Waals surface area contributed by atoms with Gasteiger partial charge in [0.25, 0.3) is 5.89 Å². The molecule has 1 aromatic heterocycles. The fourth-order valence-corrected chi connectivity index (χ4v) is 3.59. The van der Waals surface area contributed by atoms with E-state index < -0.39 is 0 Å². The molecule has 3 rings (SSSR count). The van der Waals surface area contributed by atoms with Crippen LogP contribution in [0.1, 0.15) is 30.8 Å². The first-order chi connectivity index (χ1) is 13.0. The van der Waals surface area contributed by atoms with Gasteiger partial charge in [-0.3, -0.25) is 4.79 Å². The molecule has 27 heavy (non-hydrogen) atoms. The Morgan fingerprint density at radius 3 is 2.74 bits per heavy atom. The predicted octanol–water partition coefficient (Wildman–Crippen LogP) is 5.17. The number of benzene rings is 2. The highest BCUT2D eigenvalue weighted by Gasteiger charge is 2.19. The topological polar surface area (TPSA) is 68.0 Å². The van der Waals surface area contributed by atoms with E-state index in [1.807, 2.05) is 62.4 Å². The van der Waals surface area contributed by atoms with Crippen LogP contribution in [0, 0.1) is 6.92 Å². The van der Waals surface area contributed by atoms with Crippen LogP contribution in [0.3, 0.4) is 0 Å². The van der Waals surface area contributed by atoms with E-state index in [0.29, 0.717) is 23.9 Å². The quantitative estimate of drug-likeness (QED) is 0.508. The molecule has 0 saturated carbocycles. The first-order valence-electron chi connectivity index (χ1n) is 8.63. The lowest BCUT2D eigenvalue weighted by atomic mass is 10.2. The molecule has 7 heteroatoms. The normalized spacial score (nSPS) is 12.0. The van der Waals surface area contributed by atoms with Gasteiger partial charge in [-0.25, -0.2) is 0 Å². The molecule has 0 aliphatic carbocycles. The lowest BCUT2D eigenvalue weighted by Gasteiger charge is -2.13. The third kappa shape index (κ3) is 5.43. The number of thioether (sulfide) groups is 1. The summed E-state index contributed by atoms with van der Waals surface area (Å²) in [7, 11) is 0. The summed E-state index contributed by atoms with van der Waals surface area (Å²) in [6.45, 7) is 4.02. The molecule has 0 fully saturated rings. The fraction of sp³-hybridized carbons (Fsp3) is 0.250. The van der Waals surface area contributed by atoms with Gasteiger partial charge in [0.05, 0.1) is 11.8 Å². The lowest BCUT2D eigenvalue weighted by Crippen LogP contribution is -2.30. The smallest absolute Gasteiger partial charge is 0.258 e. The van der Waals surface area contributed by atoms with Crippen molar-refractivity contribution in [1.82, 2.24) is 15.5 Å². The van der Waals surface area contributed by atoms with Gasteiger partial charge >= 0.3 is 0 Å². The molecule has 0 aliphatic rings. The Kier molecular flexibility index (Phi) is 6.68. The summed E-state index contributed by atoms with van der Waals surface area (Å²) in [6, 6.07) is 15.5. The first kappa shape index (κ1) is 19.6. The Morgan fingerprint density at radius 2 is 2.04 bits per heavy atom. The standard InChI is InChI=1S/C20H20BrN3O2S/c1-3-17(22-18(25)12-27-16-9-7-13(2)8-10-16)19-23-20(26-24-19)14-5-4-6-15(21)11-14/h4-11,17H,3,12H2,1-2H3,(H,22,25)/t17-/m0/s1. The Bertz CT molecular complexity index is 912. The minimum Gasteiger partial charge on any atom is -0.345 e. The zero-order valence-electron chi connectivity index (χ0n) is 15.1. The molecule has 0 bridgehead atoms. The number of carbonyl (C=O) groups is 1. The summed E-state index contributed by atoms with van der Waals surface area (Å²) < 4.78 is 6.31. The zero-order chi connectivity index (χ0) is 19.2. The molecule has 1 N–H and O–H groups in total. The Labute approximate surface area is 171 Å². The highest BCUT2D eigenvalue weighted by molar-refractivity contribution is 9.10. The van der Waals surface area contributed by atoms with Gasteiger partial charge in [-0.1, -0.05) is 51.8 Å². The van der Waals surface area contributed by atoms with Gasteiger partial charge in [0, 0.05) is 14.9 Å². The second kappa shape index (κ2) is 9.19. The summed E-state index contributed by atoms with van der Waals surface area (Å²) in [5.41, 5.74) is 2.03. The maximum Gasteiger partial charge on any atom is 0.258 e. The van der Waals surface area contributed by atoms with Gasteiger partial charge < -0.3 is 9.84 Å². The monoisotopic (exact) mass is 445 g/mol. The summed E-state index contributed by atoms with van der Waals surface area (Å²) in [4.78, 5) is 17.8. The van der Waals surface area contributed by atoms with Gasteiger partial charge in [-0.15, -0.1) is 11.8 Å². The van der Waals surface area contributed by atoms with Crippen LogP contribution >= 0.6 is 27.7 Å². The highest BCUT2D eigenvalue weighted by Crippen LogP contribution is 2.24. The van der Waals surface area contributed by atoms with Gasteiger partial charge in [0.15, 0.2) is 5.82 Å². The van der Waals surface area contributed by atoms with Crippen LogP contribution in [0.5, 0.6) is 0 Å². The van der Waals surface area contributed by atoms with E-state index in [-0.39, 0.29) is 11.9 Å². The van der Waals surface area contributed by atoms with Crippen LogP contribution in [0.25, 0.3) is 11.5 Å². The van der Waals surface area contributed by atoms with Gasteiger partial charge in [-0.05, 0) is 43.7 Å². The molecule has 1 heterocycles. The number of aryl methyl sites for hydroxylation is 1. The highest BCUT2D eigenvalue weighted by atomic mass is 79.9. The molecule has 3 aromatic rings. The molecular formula is C20H20BrN3O2S. The third-order valence-electron chi connectivity index (χ3n) is 3.96. The number of nitrogens with zero attached hydrogens (tertiary/aromatic N) is 2. The maximum absolute atomic E-state index is 12.3. The number of hydrogen-bond acceptors (Lipinski definition) is 5. The predicted molar refractivity (Wildman–Crippen MR) is 111 cm³/mol. The minimum atomic E-state index is -0.277. The second-order valence-electron chi connectivity index (χ2n) is 6.10. The van der Waals surface area contributed by atoms with Gasteiger partial charge in [0.2, 0.25) is 5.91 Å². The Balaban J connectivity index is 1.61. The van der Waals surface area contributed by atoms with Crippen LogP contribution < -0.4 is 5.32 Å². The van der Waals surface area contributed by atoms with Crippen molar-refractivity contribution in [3.8, 4) is 11.5 Å². The number of amides is 1.